The van der Waals surface area contributed by atoms with E-state index < -0.39 is 21.1 Å². The maximum atomic E-state index is 6.81. The van der Waals surface area contributed by atoms with Gasteiger partial charge in [-0.3, -0.25) is 0 Å². The molecule has 0 atom stereocenters. The van der Waals surface area contributed by atoms with Crippen LogP contribution >= 0.6 is 0 Å². The fourth-order valence-electron chi connectivity index (χ4n) is 3.49. The molecule has 4 rings (SSSR count). The molecule has 5 heteroatoms. The van der Waals surface area contributed by atoms with Crippen LogP contribution < -0.4 is 15.1 Å². The minimum atomic E-state index is -3.93. The van der Waals surface area contributed by atoms with Gasteiger partial charge in [-0.05, 0) is 0 Å². The normalized spacial score (nSPS) is 15.1. The van der Waals surface area contributed by atoms with Gasteiger partial charge in [-0.15, -0.1) is 0 Å². The summed E-state index contributed by atoms with van der Waals surface area (Å²) in [6.45, 7) is 0. The molecule has 0 amide bonds. The first-order valence-electron chi connectivity index (χ1n) is 9.62. The van der Waals surface area contributed by atoms with E-state index in [1.54, 1.807) is 14.2 Å². The molecular formula is C24H24O4Zr. The van der Waals surface area contributed by atoms with E-state index in [0.29, 0.717) is 0 Å². The van der Waals surface area contributed by atoms with E-state index in [9.17, 15) is 0 Å². The number of hydrogen-bond acceptors (Lipinski definition) is 4. The van der Waals surface area contributed by atoms with Crippen molar-refractivity contribution in [3.8, 4) is 23.0 Å². The number of allylic oxidation sites excluding steroid dienone is 8. The van der Waals surface area contributed by atoms with Crippen LogP contribution in [0.4, 0.5) is 0 Å². The van der Waals surface area contributed by atoms with Crippen LogP contribution in [0.3, 0.4) is 0 Å². The average Bonchev–Trinajstić information content (AvgIpc) is 3.49. The molecule has 2 aromatic carbocycles. The molecule has 2 aliphatic carbocycles. The summed E-state index contributed by atoms with van der Waals surface area (Å²) < 4.78 is 26.7. The van der Waals surface area contributed by atoms with Crippen molar-refractivity contribution in [2.45, 2.75) is 12.8 Å². The van der Waals surface area contributed by atoms with Gasteiger partial charge in [-0.2, -0.15) is 0 Å². The van der Waals surface area contributed by atoms with Gasteiger partial charge in [0, 0.05) is 0 Å². The molecule has 0 saturated heterocycles. The van der Waals surface area contributed by atoms with Crippen LogP contribution in [0.5, 0.6) is 23.0 Å². The van der Waals surface area contributed by atoms with Gasteiger partial charge in [-0.1, -0.05) is 0 Å². The van der Waals surface area contributed by atoms with E-state index in [0.717, 1.165) is 35.8 Å². The van der Waals surface area contributed by atoms with Crippen LogP contribution in [0.1, 0.15) is 12.8 Å². The fraction of sp³-hybridized carbons (Fsp3) is 0.167. The molecule has 0 unspecified atom stereocenters. The first-order chi connectivity index (χ1) is 14.2. The van der Waals surface area contributed by atoms with Crippen molar-refractivity contribution in [2.24, 2.45) is 0 Å². The standard InChI is InChI=1S/2C7H8O2.2C5H5.Zr/c2*1-9-7-4-2-6(8)3-5-7;2*1-2-4-5-3-1;/h2*2-5,8H,1H3;2*1-3H,4H2;/q;;;;+2/p-2. The maximum absolute atomic E-state index is 6.81. The number of hydrogen-bond donors (Lipinski definition) is 0. The van der Waals surface area contributed by atoms with Gasteiger partial charge in [0.2, 0.25) is 0 Å². The zero-order valence-corrected chi connectivity index (χ0v) is 19.1. The van der Waals surface area contributed by atoms with E-state index in [-0.39, 0.29) is 0 Å². The Bertz CT molecular complexity index is 887. The molecule has 0 spiro atoms. The summed E-state index contributed by atoms with van der Waals surface area (Å²) in [5, 5.41) is 0. The summed E-state index contributed by atoms with van der Waals surface area (Å²) in [4.78, 5) is 0. The van der Waals surface area contributed by atoms with E-state index in [2.05, 4.69) is 36.5 Å². The van der Waals surface area contributed by atoms with Gasteiger partial charge < -0.3 is 0 Å². The third kappa shape index (κ3) is 4.25. The molecule has 0 aromatic heterocycles. The van der Waals surface area contributed by atoms with Gasteiger partial charge >= 0.3 is 178 Å². The predicted molar refractivity (Wildman–Crippen MR) is 111 cm³/mol. The predicted octanol–water partition coefficient (Wildman–Crippen LogP) is 5.83. The van der Waals surface area contributed by atoms with Crippen molar-refractivity contribution in [3.05, 3.63) is 91.5 Å². The summed E-state index contributed by atoms with van der Waals surface area (Å²) in [7, 11) is 3.33. The summed E-state index contributed by atoms with van der Waals surface area (Å²) in [6, 6.07) is 15.5. The van der Waals surface area contributed by atoms with E-state index in [4.69, 9.17) is 15.1 Å². The Balaban J connectivity index is 1.74. The molecule has 0 radical (unpaired) electrons. The van der Waals surface area contributed by atoms with E-state index in [1.807, 2.05) is 48.5 Å². The third-order valence-corrected chi connectivity index (χ3v) is 13.6. The van der Waals surface area contributed by atoms with Crippen LogP contribution in [0.25, 0.3) is 0 Å². The Morgan fingerprint density at radius 2 is 0.966 bits per heavy atom. The van der Waals surface area contributed by atoms with Crippen molar-refractivity contribution in [1.29, 1.82) is 0 Å². The number of ether oxygens (including phenoxy) is 2. The summed E-state index contributed by atoms with van der Waals surface area (Å²) in [5.41, 5.74) is 0. The third-order valence-electron chi connectivity index (χ3n) is 5.03. The van der Waals surface area contributed by atoms with E-state index >= 15 is 0 Å². The summed E-state index contributed by atoms with van der Waals surface area (Å²) in [6.07, 6.45) is 14.6. The Morgan fingerprint density at radius 1 is 0.586 bits per heavy atom. The Morgan fingerprint density at radius 3 is 1.28 bits per heavy atom. The zero-order chi connectivity index (χ0) is 20.1. The number of rotatable bonds is 8. The van der Waals surface area contributed by atoms with Gasteiger partial charge in [0.1, 0.15) is 0 Å². The molecule has 0 N–H and O–H groups in total. The van der Waals surface area contributed by atoms with Gasteiger partial charge in [0.15, 0.2) is 0 Å². The molecule has 2 aromatic rings. The second-order valence-corrected chi connectivity index (χ2v) is 14.0. The monoisotopic (exact) mass is 466 g/mol. The Kier molecular flexibility index (Phi) is 6.06. The van der Waals surface area contributed by atoms with Crippen molar-refractivity contribution >= 4 is 0 Å². The zero-order valence-electron chi connectivity index (χ0n) is 16.6. The molecule has 0 aliphatic heterocycles. The molecule has 2 aliphatic rings. The van der Waals surface area contributed by atoms with Crippen LogP contribution in [0.15, 0.2) is 91.5 Å². The molecule has 148 valence electrons. The minimum absolute atomic E-state index is 0.802. The van der Waals surface area contributed by atoms with Gasteiger partial charge in [0.25, 0.3) is 0 Å². The van der Waals surface area contributed by atoms with Gasteiger partial charge in [0.05, 0.1) is 0 Å². The van der Waals surface area contributed by atoms with Crippen LogP contribution in [0.2, 0.25) is 0 Å². The van der Waals surface area contributed by atoms with Crippen LogP contribution in [-0.2, 0) is 21.1 Å². The second kappa shape index (κ2) is 8.88. The molecule has 0 saturated carbocycles. The fourth-order valence-corrected chi connectivity index (χ4v) is 11.6. The average molecular weight is 468 g/mol. The van der Waals surface area contributed by atoms with Gasteiger partial charge in [-0.25, -0.2) is 0 Å². The molecule has 4 nitrogen and oxygen atoms in total. The van der Waals surface area contributed by atoms with E-state index in [1.165, 1.54) is 6.56 Å². The van der Waals surface area contributed by atoms with Crippen molar-refractivity contribution in [2.75, 3.05) is 14.2 Å². The van der Waals surface area contributed by atoms with Crippen molar-refractivity contribution in [3.63, 3.8) is 0 Å². The molecule has 0 heterocycles. The second-order valence-electron chi connectivity index (χ2n) is 6.82. The Labute approximate surface area is 177 Å². The SMILES string of the molecule is COc1ccc([O][Zr]([O]c2ccc(OC)cc2)([C]2=CC=CC2)[C]2=CC=CC2)cc1. The summed E-state index contributed by atoms with van der Waals surface area (Å²) in [5.74, 6) is 3.21. The van der Waals surface area contributed by atoms with Crippen molar-refractivity contribution in [1.82, 2.24) is 0 Å². The van der Waals surface area contributed by atoms with Crippen molar-refractivity contribution < 1.29 is 36.2 Å². The molecule has 29 heavy (non-hydrogen) atoms. The topological polar surface area (TPSA) is 36.9 Å². The van der Waals surface area contributed by atoms with Crippen LogP contribution in [0, 0.1) is 0 Å². The number of benzene rings is 2. The molecule has 0 fully saturated rings. The Hall–Kier alpha value is -2.52. The first kappa shape index (κ1) is 19.8. The summed E-state index contributed by atoms with van der Waals surface area (Å²) >= 11 is -3.93. The number of methoxy groups -OCH3 is 2. The molecule has 0 bridgehead atoms. The van der Waals surface area contributed by atoms with Crippen LogP contribution in [-0.4, -0.2) is 14.2 Å². The molecular weight excluding hydrogens is 443 g/mol. The quantitative estimate of drug-likeness (QED) is 0.489. The first-order valence-corrected chi connectivity index (χ1v) is 14.1.